The number of rotatable bonds is 5. The molecule has 1 amide bonds. The molecule has 2 N–H and O–H groups in total. The number of fused-ring (bicyclic) bond motifs is 2. The molecule has 0 saturated carbocycles. The summed E-state index contributed by atoms with van der Waals surface area (Å²) in [4.78, 5) is 14.1. The molecule has 0 aromatic heterocycles. The number of carbonyl (C=O) groups excluding carboxylic acids is 1. The van der Waals surface area contributed by atoms with Crippen molar-refractivity contribution in [2.45, 2.75) is 37.6 Å². The summed E-state index contributed by atoms with van der Waals surface area (Å²) in [5, 5.41) is 6.29. The van der Waals surface area contributed by atoms with E-state index in [1.807, 2.05) is 6.92 Å². The lowest BCUT2D eigenvalue weighted by Gasteiger charge is -2.40. The first kappa shape index (κ1) is 17.6. The van der Waals surface area contributed by atoms with Gasteiger partial charge in [0.15, 0.2) is 0 Å². The molecule has 1 aromatic carbocycles. The van der Waals surface area contributed by atoms with Crippen LogP contribution >= 0.6 is 0 Å². The topological polar surface area (TPSA) is 44.4 Å². The standard InChI is InChI=1S/C21H27N3O.2H2/c1-4-11-22-20(25)15-24-12-9-21(10-13-24)14-19(23-16(2)3)17-7-5-6-8-18(17)21;;/h1,5-8,19,23H,2,9-15H2,3H3,(H,22,25);2*1H/t19-;;/m0../s1. The Kier molecular flexibility index (Phi) is 5.15. The van der Waals surface area contributed by atoms with E-state index < -0.39 is 0 Å². The number of nitrogens with one attached hydrogen (secondary N) is 2. The van der Waals surface area contributed by atoms with E-state index in [-0.39, 0.29) is 14.2 Å². The lowest BCUT2D eigenvalue weighted by molar-refractivity contribution is -0.122. The minimum Gasteiger partial charge on any atom is -0.382 e. The van der Waals surface area contributed by atoms with Crippen molar-refractivity contribution in [3.8, 4) is 12.3 Å². The second-order valence-electron chi connectivity index (χ2n) is 7.31. The molecule has 0 bridgehead atoms. The van der Waals surface area contributed by atoms with Gasteiger partial charge in [0, 0.05) is 14.0 Å². The zero-order valence-corrected chi connectivity index (χ0v) is 15.0. The minimum atomic E-state index is 0. The third kappa shape index (κ3) is 3.72. The van der Waals surface area contributed by atoms with Crippen LogP contribution in [0.3, 0.4) is 0 Å². The first-order chi connectivity index (χ1) is 12.0. The normalized spacial score (nSPS) is 21.4. The van der Waals surface area contributed by atoms with Crippen LogP contribution in [-0.2, 0) is 10.2 Å². The molecule has 1 spiro atoms. The molecule has 1 heterocycles. The smallest absolute Gasteiger partial charge is 0.234 e. The summed E-state index contributed by atoms with van der Waals surface area (Å²) in [5.74, 6) is 2.46. The van der Waals surface area contributed by atoms with Crippen molar-refractivity contribution < 1.29 is 7.65 Å². The zero-order valence-electron chi connectivity index (χ0n) is 15.0. The largest absolute Gasteiger partial charge is 0.382 e. The highest BCUT2D eigenvalue weighted by atomic mass is 16.2. The molecule has 25 heavy (non-hydrogen) atoms. The SMILES string of the molecule is C#CCNC(=O)CN1CCC2(CC1)C[C@H](NC(=C)C)c1ccccc12.[HH].[HH]. The van der Waals surface area contributed by atoms with Crippen LogP contribution in [0.1, 0.15) is 46.2 Å². The number of hydrogen-bond acceptors (Lipinski definition) is 3. The molecule has 0 unspecified atom stereocenters. The van der Waals surface area contributed by atoms with Gasteiger partial charge in [-0.05, 0) is 50.4 Å². The fraction of sp³-hybridized carbons (Fsp3) is 0.476. The van der Waals surface area contributed by atoms with Gasteiger partial charge in [0.1, 0.15) is 0 Å². The number of hydrogen-bond donors (Lipinski definition) is 2. The molecule has 2 aliphatic rings. The van der Waals surface area contributed by atoms with Crippen molar-refractivity contribution >= 4 is 5.91 Å². The van der Waals surface area contributed by atoms with E-state index in [4.69, 9.17) is 6.42 Å². The molecule has 4 nitrogen and oxygen atoms in total. The van der Waals surface area contributed by atoms with Crippen LogP contribution in [0.5, 0.6) is 0 Å². The minimum absolute atomic E-state index is 0. The van der Waals surface area contributed by atoms with Gasteiger partial charge in [0.05, 0.1) is 19.1 Å². The third-order valence-corrected chi connectivity index (χ3v) is 5.49. The first-order valence-corrected chi connectivity index (χ1v) is 8.98. The molecule has 136 valence electrons. The third-order valence-electron chi connectivity index (χ3n) is 5.49. The second-order valence-corrected chi connectivity index (χ2v) is 7.31. The molecular formula is C21H31N3O. The molecule has 1 saturated heterocycles. The van der Waals surface area contributed by atoms with Gasteiger partial charge in [-0.15, -0.1) is 6.42 Å². The van der Waals surface area contributed by atoms with E-state index in [9.17, 15) is 4.79 Å². The number of likely N-dealkylation sites (tertiary alicyclic amines) is 1. The predicted molar refractivity (Wildman–Crippen MR) is 105 cm³/mol. The predicted octanol–water partition coefficient (Wildman–Crippen LogP) is 2.83. The van der Waals surface area contributed by atoms with E-state index in [1.165, 1.54) is 11.1 Å². The fourth-order valence-corrected chi connectivity index (χ4v) is 4.34. The van der Waals surface area contributed by atoms with Gasteiger partial charge in [-0.2, -0.15) is 0 Å². The van der Waals surface area contributed by atoms with Gasteiger partial charge < -0.3 is 10.6 Å². The lowest BCUT2D eigenvalue weighted by Crippen LogP contribution is -2.46. The Morgan fingerprint density at radius 2 is 2.16 bits per heavy atom. The van der Waals surface area contributed by atoms with Gasteiger partial charge in [0.2, 0.25) is 5.91 Å². The van der Waals surface area contributed by atoms with Crippen LogP contribution in [0.25, 0.3) is 0 Å². The Hall–Kier alpha value is -2.25. The Bertz CT molecular complexity index is 706. The molecule has 4 heteroatoms. The highest BCUT2D eigenvalue weighted by Crippen LogP contribution is 2.50. The number of nitrogens with zero attached hydrogens (tertiary/aromatic N) is 1. The van der Waals surface area contributed by atoms with E-state index in [0.29, 0.717) is 19.1 Å². The summed E-state index contributed by atoms with van der Waals surface area (Å²) >= 11 is 0. The van der Waals surface area contributed by atoms with Gasteiger partial charge in [-0.25, -0.2) is 0 Å². The van der Waals surface area contributed by atoms with Crippen LogP contribution in [-0.4, -0.2) is 37.0 Å². The van der Waals surface area contributed by atoms with Gasteiger partial charge >= 0.3 is 0 Å². The quantitative estimate of drug-likeness (QED) is 0.810. The molecule has 3 rings (SSSR count). The van der Waals surface area contributed by atoms with Crippen molar-refractivity contribution in [2.24, 2.45) is 0 Å². The average Bonchev–Trinajstić information content (AvgIpc) is 2.89. The van der Waals surface area contributed by atoms with Crippen molar-refractivity contribution in [2.75, 3.05) is 26.2 Å². The average molecular weight is 341 g/mol. The summed E-state index contributed by atoms with van der Waals surface area (Å²) in [6.07, 6.45) is 8.47. The Labute approximate surface area is 153 Å². The van der Waals surface area contributed by atoms with Gasteiger partial charge in [-0.3, -0.25) is 9.69 Å². The van der Waals surface area contributed by atoms with Crippen molar-refractivity contribution in [3.05, 3.63) is 47.7 Å². The Morgan fingerprint density at radius 3 is 2.84 bits per heavy atom. The molecule has 0 radical (unpaired) electrons. The van der Waals surface area contributed by atoms with Crippen molar-refractivity contribution in [1.82, 2.24) is 15.5 Å². The number of terminal acetylenes is 1. The maximum Gasteiger partial charge on any atom is 0.234 e. The Morgan fingerprint density at radius 1 is 1.44 bits per heavy atom. The van der Waals surface area contributed by atoms with E-state index >= 15 is 0 Å². The monoisotopic (exact) mass is 341 g/mol. The number of carbonyl (C=O) groups is 1. The molecule has 1 aromatic rings. The number of allylic oxidation sites excluding steroid dienone is 1. The zero-order chi connectivity index (χ0) is 17.9. The summed E-state index contributed by atoms with van der Waals surface area (Å²) in [7, 11) is 0. The van der Waals surface area contributed by atoms with Gasteiger partial charge in [-0.1, -0.05) is 36.8 Å². The highest BCUT2D eigenvalue weighted by molar-refractivity contribution is 5.78. The summed E-state index contributed by atoms with van der Waals surface area (Å²) in [5.41, 5.74) is 4.12. The summed E-state index contributed by atoms with van der Waals surface area (Å²) in [6.45, 7) is 8.66. The number of piperidine rings is 1. The van der Waals surface area contributed by atoms with E-state index in [1.54, 1.807) is 0 Å². The van der Waals surface area contributed by atoms with Crippen LogP contribution < -0.4 is 10.6 Å². The van der Waals surface area contributed by atoms with Crippen LogP contribution in [0.4, 0.5) is 0 Å². The maximum atomic E-state index is 11.9. The summed E-state index contributed by atoms with van der Waals surface area (Å²) in [6, 6.07) is 9.13. The molecule has 1 fully saturated rings. The van der Waals surface area contributed by atoms with Crippen molar-refractivity contribution in [3.63, 3.8) is 0 Å². The van der Waals surface area contributed by atoms with Crippen LogP contribution in [0.15, 0.2) is 36.5 Å². The first-order valence-electron chi connectivity index (χ1n) is 8.98. The molecular weight excluding hydrogens is 310 g/mol. The summed E-state index contributed by atoms with van der Waals surface area (Å²) < 4.78 is 0. The highest BCUT2D eigenvalue weighted by Gasteiger charge is 2.45. The lowest BCUT2D eigenvalue weighted by atomic mass is 9.73. The van der Waals surface area contributed by atoms with E-state index in [2.05, 4.69) is 52.3 Å². The van der Waals surface area contributed by atoms with Crippen molar-refractivity contribution in [1.29, 1.82) is 0 Å². The number of amides is 1. The van der Waals surface area contributed by atoms with E-state index in [0.717, 1.165) is 38.0 Å². The maximum absolute atomic E-state index is 11.9. The fourth-order valence-electron chi connectivity index (χ4n) is 4.34. The molecule has 1 aliphatic heterocycles. The van der Waals surface area contributed by atoms with Gasteiger partial charge in [0.25, 0.3) is 0 Å². The molecule has 1 atom stereocenters. The van der Waals surface area contributed by atoms with Crippen LogP contribution in [0.2, 0.25) is 0 Å². The molecule has 1 aliphatic carbocycles. The second kappa shape index (κ2) is 7.33. The number of benzene rings is 1. The Balaban J connectivity index is 0.00000182. The van der Waals surface area contributed by atoms with Crippen LogP contribution in [0, 0.1) is 12.3 Å².